The second-order valence-corrected chi connectivity index (χ2v) is 10.5. The number of rotatable bonds is 7. The van der Waals surface area contributed by atoms with Gasteiger partial charge in [0.15, 0.2) is 0 Å². The number of benzene rings is 1. The van der Waals surface area contributed by atoms with Crippen molar-refractivity contribution < 1.29 is 14.3 Å². The molecule has 0 spiro atoms. The van der Waals surface area contributed by atoms with E-state index < -0.39 is 0 Å². The van der Waals surface area contributed by atoms with Crippen LogP contribution >= 0.6 is 11.8 Å². The molecule has 0 fully saturated rings. The van der Waals surface area contributed by atoms with E-state index in [0.717, 1.165) is 23.5 Å². The van der Waals surface area contributed by atoms with Gasteiger partial charge >= 0.3 is 6.09 Å². The lowest BCUT2D eigenvalue weighted by molar-refractivity contribution is 0.151. The first-order valence-electron chi connectivity index (χ1n) is 11.3. The Kier molecular flexibility index (Phi) is 7.11. The predicted molar refractivity (Wildman–Crippen MR) is 127 cm³/mol. The normalized spacial score (nSPS) is 18.9. The van der Waals surface area contributed by atoms with Crippen molar-refractivity contribution in [3.05, 3.63) is 28.2 Å². The minimum Gasteiger partial charge on any atom is -0.482 e. The van der Waals surface area contributed by atoms with Crippen LogP contribution in [0.2, 0.25) is 0 Å². The van der Waals surface area contributed by atoms with Crippen LogP contribution in [-0.4, -0.2) is 36.4 Å². The summed E-state index contributed by atoms with van der Waals surface area (Å²) >= 11 is 1.86. The largest absolute Gasteiger partial charge is 0.482 e. The zero-order valence-corrected chi connectivity index (χ0v) is 20.4. The third kappa shape index (κ3) is 4.66. The monoisotopic (exact) mass is 431 g/mol. The number of fused-ring (bicyclic) bond motifs is 2. The molecule has 0 radical (unpaired) electrons. The van der Waals surface area contributed by atoms with Crippen molar-refractivity contribution in [2.24, 2.45) is 5.92 Å². The molecule has 2 heterocycles. The molecule has 0 aromatic heterocycles. The van der Waals surface area contributed by atoms with E-state index in [1.165, 1.54) is 46.6 Å². The van der Waals surface area contributed by atoms with E-state index in [1.54, 1.807) is 14.1 Å². The molecule has 1 aromatic carbocycles. The maximum absolute atomic E-state index is 12.4. The van der Waals surface area contributed by atoms with Crippen LogP contribution in [0.4, 0.5) is 4.79 Å². The maximum atomic E-state index is 12.4. The molecule has 166 valence electrons. The molecule has 0 aliphatic carbocycles. The van der Waals surface area contributed by atoms with Crippen molar-refractivity contribution in [3.63, 3.8) is 0 Å². The lowest BCUT2D eigenvalue weighted by Crippen LogP contribution is -2.33. The summed E-state index contributed by atoms with van der Waals surface area (Å²) < 4.78 is 12.4. The number of nitrogens with zero attached hydrogens (tertiary/aromatic N) is 1. The van der Waals surface area contributed by atoms with Crippen molar-refractivity contribution in [2.75, 3.05) is 19.8 Å². The number of ether oxygens (including phenoxy) is 2. The van der Waals surface area contributed by atoms with Crippen molar-refractivity contribution in [2.45, 2.75) is 78.2 Å². The molecule has 0 N–H and O–H groups in total. The van der Waals surface area contributed by atoms with Crippen molar-refractivity contribution in [1.82, 2.24) is 4.90 Å². The fourth-order valence-corrected chi connectivity index (χ4v) is 5.64. The van der Waals surface area contributed by atoms with Gasteiger partial charge in [-0.15, -0.1) is 11.8 Å². The standard InChI is InChI=1S/C25H37NO3S/c1-8-9-10-11-16(2)17(3)18-14-20(28-24(27)26(6)7)22-19-12-13-30-23(19)25(4,5)29-21(22)15-18/h14-17H,8-13H2,1-7H3. The molecule has 1 aromatic rings. The van der Waals surface area contributed by atoms with Crippen LogP contribution in [0.5, 0.6) is 11.5 Å². The first-order chi connectivity index (χ1) is 14.2. The first kappa shape index (κ1) is 23.1. The molecule has 0 saturated carbocycles. The van der Waals surface area contributed by atoms with Crippen LogP contribution in [0.15, 0.2) is 17.0 Å². The van der Waals surface area contributed by atoms with Gasteiger partial charge in [-0.25, -0.2) is 4.79 Å². The van der Waals surface area contributed by atoms with Crippen LogP contribution in [0.1, 0.15) is 83.8 Å². The highest BCUT2D eigenvalue weighted by Crippen LogP contribution is 2.54. The Morgan fingerprint density at radius 1 is 1.27 bits per heavy atom. The number of hydrogen-bond donors (Lipinski definition) is 0. The van der Waals surface area contributed by atoms with Crippen LogP contribution in [0, 0.1) is 5.92 Å². The fraction of sp³-hybridized carbons (Fsp3) is 0.640. The number of thioether (sulfide) groups is 1. The van der Waals surface area contributed by atoms with Gasteiger partial charge in [0, 0.05) is 24.8 Å². The van der Waals surface area contributed by atoms with Crippen LogP contribution in [-0.2, 0) is 0 Å². The topological polar surface area (TPSA) is 38.8 Å². The number of carbonyl (C=O) groups is 1. The summed E-state index contributed by atoms with van der Waals surface area (Å²) in [5, 5.41) is 0. The Bertz CT molecular complexity index is 828. The Balaban J connectivity index is 2.03. The minimum absolute atomic E-state index is 0.346. The smallest absolute Gasteiger partial charge is 0.414 e. The summed E-state index contributed by atoms with van der Waals surface area (Å²) in [4.78, 5) is 15.2. The van der Waals surface area contributed by atoms with Gasteiger partial charge in [0.2, 0.25) is 0 Å². The molecule has 4 nitrogen and oxygen atoms in total. The van der Waals surface area contributed by atoms with E-state index in [-0.39, 0.29) is 11.7 Å². The van der Waals surface area contributed by atoms with Gasteiger partial charge in [0.05, 0.1) is 5.56 Å². The zero-order chi connectivity index (χ0) is 22.1. The zero-order valence-electron chi connectivity index (χ0n) is 19.6. The molecule has 2 atom stereocenters. The van der Waals surface area contributed by atoms with Gasteiger partial charge in [-0.2, -0.15) is 0 Å². The molecule has 5 heteroatoms. The number of carbonyl (C=O) groups excluding carboxylic acids is 1. The highest BCUT2D eigenvalue weighted by Gasteiger charge is 2.40. The van der Waals surface area contributed by atoms with Gasteiger partial charge in [-0.05, 0) is 55.4 Å². The Hall–Kier alpha value is -1.62. The summed E-state index contributed by atoms with van der Waals surface area (Å²) in [5.41, 5.74) is 3.09. The van der Waals surface area contributed by atoms with Gasteiger partial charge in [0.1, 0.15) is 17.1 Å². The Morgan fingerprint density at radius 3 is 2.67 bits per heavy atom. The third-order valence-electron chi connectivity index (χ3n) is 6.38. The molecule has 1 amide bonds. The van der Waals surface area contributed by atoms with Crippen molar-refractivity contribution in [3.8, 4) is 11.5 Å². The van der Waals surface area contributed by atoms with E-state index in [0.29, 0.717) is 17.6 Å². The summed E-state index contributed by atoms with van der Waals surface area (Å²) in [5.74, 6) is 3.46. The molecule has 2 aliphatic heterocycles. The summed E-state index contributed by atoms with van der Waals surface area (Å²) in [6.07, 6.45) is 5.61. The highest BCUT2D eigenvalue weighted by molar-refractivity contribution is 8.03. The molecule has 2 aliphatic rings. The van der Waals surface area contributed by atoms with Gasteiger partial charge in [-0.3, -0.25) is 0 Å². The van der Waals surface area contributed by atoms with Crippen molar-refractivity contribution in [1.29, 1.82) is 0 Å². The van der Waals surface area contributed by atoms with Gasteiger partial charge in [0.25, 0.3) is 0 Å². The van der Waals surface area contributed by atoms with Gasteiger partial charge < -0.3 is 14.4 Å². The van der Waals surface area contributed by atoms with E-state index in [1.807, 2.05) is 11.8 Å². The molecule has 0 bridgehead atoms. The minimum atomic E-state index is -0.351. The Labute approximate surface area is 186 Å². The second kappa shape index (κ2) is 9.25. The van der Waals surface area contributed by atoms with Crippen LogP contribution in [0.3, 0.4) is 0 Å². The first-order valence-corrected chi connectivity index (χ1v) is 12.3. The number of allylic oxidation sites excluding steroid dienone is 1. The van der Waals surface area contributed by atoms with Crippen molar-refractivity contribution >= 4 is 23.4 Å². The molecule has 2 unspecified atom stereocenters. The van der Waals surface area contributed by atoms with Crippen LogP contribution < -0.4 is 9.47 Å². The lowest BCUT2D eigenvalue weighted by atomic mass is 9.83. The van der Waals surface area contributed by atoms with E-state index in [9.17, 15) is 4.79 Å². The predicted octanol–water partition coefficient (Wildman–Crippen LogP) is 7.09. The van der Waals surface area contributed by atoms with E-state index in [4.69, 9.17) is 9.47 Å². The van der Waals surface area contributed by atoms with E-state index in [2.05, 4.69) is 46.8 Å². The van der Waals surface area contributed by atoms with Gasteiger partial charge in [-0.1, -0.05) is 46.5 Å². The maximum Gasteiger partial charge on any atom is 0.414 e. The quantitative estimate of drug-likeness (QED) is 0.432. The summed E-state index contributed by atoms with van der Waals surface area (Å²) in [7, 11) is 3.43. The second-order valence-electron chi connectivity index (χ2n) is 9.43. The average Bonchev–Trinajstić information content (AvgIpc) is 3.17. The molecular weight excluding hydrogens is 394 g/mol. The highest BCUT2D eigenvalue weighted by atomic mass is 32.2. The third-order valence-corrected chi connectivity index (χ3v) is 7.81. The average molecular weight is 432 g/mol. The molecule has 30 heavy (non-hydrogen) atoms. The van der Waals surface area contributed by atoms with Crippen LogP contribution in [0.25, 0.3) is 5.57 Å². The number of unbranched alkanes of at least 4 members (excludes halogenated alkanes) is 2. The fourth-order valence-electron chi connectivity index (χ4n) is 4.36. The lowest BCUT2D eigenvalue weighted by Gasteiger charge is -2.35. The molecule has 0 saturated heterocycles. The number of hydrogen-bond acceptors (Lipinski definition) is 4. The van der Waals surface area contributed by atoms with E-state index >= 15 is 0 Å². The SMILES string of the molecule is CCCCCC(C)C(C)c1cc(OC(=O)N(C)C)c2c(c1)OC(C)(C)C1=C2CCS1. The summed E-state index contributed by atoms with van der Waals surface area (Å²) in [6, 6.07) is 4.27. The molecule has 3 rings (SSSR count). The number of amides is 1. The molecular formula is C25H37NO3S. The summed E-state index contributed by atoms with van der Waals surface area (Å²) in [6.45, 7) is 11.1. The Morgan fingerprint density at radius 2 is 2.00 bits per heavy atom.